The van der Waals surface area contributed by atoms with Crippen LogP contribution in [0.1, 0.15) is 50.6 Å². The molecule has 2 fully saturated rings. The van der Waals surface area contributed by atoms with Crippen LogP contribution in [0.3, 0.4) is 0 Å². The van der Waals surface area contributed by atoms with Crippen molar-refractivity contribution in [1.82, 2.24) is 10.2 Å². The van der Waals surface area contributed by atoms with Crippen LogP contribution in [0.25, 0.3) is 0 Å². The van der Waals surface area contributed by atoms with Crippen molar-refractivity contribution in [2.75, 3.05) is 13.1 Å². The molecule has 0 saturated carbocycles. The minimum Gasteiger partial charge on any atom is -0.307 e. The molecule has 2 aliphatic heterocycles. The number of halogens is 1. The van der Waals surface area contributed by atoms with Crippen molar-refractivity contribution >= 4 is 15.9 Å². The van der Waals surface area contributed by atoms with E-state index in [1.807, 2.05) is 0 Å². The van der Waals surface area contributed by atoms with Gasteiger partial charge in [-0.05, 0) is 62.9 Å². The largest absolute Gasteiger partial charge is 0.307 e. The molecule has 3 heteroatoms. The number of nitrogens with zero attached hydrogens (tertiary/aromatic N) is 1. The molecule has 1 aromatic rings. The van der Waals surface area contributed by atoms with Gasteiger partial charge in [0.05, 0.1) is 0 Å². The molecule has 0 amide bonds. The average Bonchev–Trinajstić information content (AvgIpc) is 2.92. The molecule has 20 heavy (non-hydrogen) atoms. The van der Waals surface area contributed by atoms with Gasteiger partial charge in [-0.15, -0.1) is 0 Å². The zero-order valence-electron chi connectivity index (χ0n) is 12.3. The monoisotopic (exact) mass is 336 g/mol. The van der Waals surface area contributed by atoms with Crippen LogP contribution in [0, 0.1) is 0 Å². The lowest BCUT2D eigenvalue weighted by molar-refractivity contribution is 0.160. The molecule has 2 saturated heterocycles. The first-order valence-electron chi connectivity index (χ1n) is 8.02. The molecule has 3 atom stereocenters. The number of piperidine rings is 1. The number of rotatable bonds is 4. The minimum absolute atomic E-state index is 0.491. The second kappa shape index (κ2) is 6.59. The fourth-order valence-electron chi connectivity index (χ4n) is 3.83. The van der Waals surface area contributed by atoms with Gasteiger partial charge in [-0.2, -0.15) is 0 Å². The van der Waals surface area contributed by atoms with Crippen molar-refractivity contribution in [2.45, 2.75) is 57.2 Å². The highest BCUT2D eigenvalue weighted by Crippen LogP contribution is 2.29. The lowest BCUT2D eigenvalue weighted by Crippen LogP contribution is -2.46. The molecule has 0 aromatic heterocycles. The van der Waals surface area contributed by atoms with Crippen molar-refractivity contribution in [2.24, 2.45) is 0 Å². The molecular formula is C17H25BrN2. The van der Waals surface area contributed by atoms with Gasteiger partial charge in [0.1, 0.15) is 0 Å². The topological polar surface area (TPSA) is 15.3 Å². The first-order chi connectivity index (χ1) is 9.76. The summed E-state index contributed by atoms with van der Waals surface area (Å²) in [5.41, 5.74) is 1.41. The molecule has 3 rings (SSSR count). The van der Waals surface area contributed by atoms with E-state index < -0.39 is 0 Å². The van der Waals surface area contributed by atoms with Crippen molar-refractivity contribution in [1.29, 1.82) is 0 Å². The van der Waals surface area contributed by atoms with E-state index in [0.717, 1.165) is 12.5 Å². The smallest absolute Gasteiger partial charge is 0.0320 e. The maximum absolute atomic E-state index is 3.91. The Morgan fingerprint density at radius 1 is 1.35 bits per heavy atom. The summed E-state index contributed by atoms with van der Waals surface area (Å²) >= 11 is 3.59. The normalized spacial score (nSPS) is 28.3. The summed E-state index contributed by atoms with van der Waals surface area (Å²) in [4.78, 5) is 2.69. The van der Waals surface area contributed by atoms with Gasteiger partial charge in [0, 0.05) is 22.6 Å². The van der Waals surface area contributed by atoms with Gasteiger partial charge in [0.15, 0.2) is 0 Å². The predicted molar refractivity (Wildman–Crippen MR) is 87.9 cm³/mol. The van der Waals surface area contributed by atoms with Gasteiger partial charge in [0.2, 0.25) is 0 Å². The van der Waals surface area contributed by atoms with E-state index in [1.165, 1.54) is 48.8 Å². The van der Waals surface area contributed by atoms with Crippen LogP contribution >= 0.6 is 15.9 Å². The van der Waals surface area contributed by atoms with Crippen molar-refractivity contribution in [3.63, 3.8) is 0 Å². The van der Waals surface area contributed by atoms with Crippen molar-refractivity contribution in [3.8, 4) is 0 Å². The van der Waals surface area contributed by atoms with Crippen LogP contribution in [-0.4, -0.2) is 30.1 Å². The third-order valence-corrected chi connectivity index (χ3v) is 5.41. The Bertz CT molecular complexity index is 448. The molecule has 2 aliphatic rings. The zero-order valence-corrected chi connectivity index (χ0v) is 13.9. The first-order valence-corrected chi connectivity index (χ1v) is 8.81. The van der Waals surface area contributed by atoms with Gasteiger partial charge in [-0.25, -0.2) is 0 Å². The Morgan fingerprint density at radius 3 is 3.05 bits per heavy atom. The molecule has 1 N–H and O–H groups in total. The quantitative estimate of drug-likeness (QED) is 0.889. The molecule has 2 nitrogen and oxygen atoms in total. The van der Waals surface area contributed by atoms with E-state index in [4.69, 9.17) is 0 Å². The van der Waals surface area contributed by atoms with Gasteiger partial charge in [-0.1, -0.05) is 35.0 Å². The summed E-state index contributed by atoms with van der Waals surface area (Å²) in [6, 6.07) is 10.8. The van der Waals surface area contributed by atoms with Crippen molar-refractivity contribution < 1.29 is 0 Å². The Kier molecular flexibility index (Phi) is 4.79. The summed E-state index contributed by atoms with van der Waals surface area (Å²) < 4.78 is 1.18. The molecule has 110 valence electrons. The van der Waals surface area contributed by atoms with Gasteiger partial charge < -0.3 is 10.2 Å². The summed E-state index contributed by atoms with van der Waals surface area (Å²) in [6.07, 6.45) is 6.61. The maximum atomic E-state index is 3.91. The predicted octanol–water partition coefficient (Wildman–Crippen LogP) is 4.12. The minimum atomic E-state index is 0.491. The Hall–Kier alpha value is -0.380. The lowest BCUT2D eigenvalue weighted by Gasteiger charge is -2.37. The van der Waals surface area contributed by atoms with E-state index in [2.05, 4.69) is 57.3 Å². The van der Waals surface area contributed by atoms with E-state index in [0.29, 0.717) is 12.1 Å². The fourth-order valence-corrected chi connectivity index (χ4v) is 4.25. The third kappa shape index (κ3) is 3.26. The summed E-state index contributed by atoms with van der Waals surface area (Å²) in [7, 11) is 0. The molecule has 2 heterocycles. The molecule has 0 radical (unpaired) electrons. The number of benzene rings is 1. The second-order valence-electron chi connectivity index (χ2n) is 6.24. The number of hydrogen-bond donors (Lipinski definition) is 1. The first kappa shape index (κ1) is 14.6. The summed E-state index contributed by atoms with van der Waals surface area (Å²) in [5.74, 6) is 0. The van der Waals surface area contributed by atoms with Crippen LogP contribution < -0.4 is 5.32 Å². The molecule has 0 bridgehead atoms. The maximum Gasteiger partial charge on any atom is 0.0320 e. The molecule has 1 aromatic carbocycles. The standard InChI is InChI=1S/C17H25BrN2/c1-2-17(13-5-3-6-14(18)11-13)19-15-8-10-20-9-4-7-16(20)12-15/h3,5-6,11,15-17,19H,2,4,7-10,12H2,1H3. The number of nitrogens with one attached hydrogen (secondary N) is 1. The Morgan fingerprint density at radius 2 is 2.25 bits per heavy atom. The molecule has 0 spiro atoms. The zero-order chi connectivity index (χ0) is 13.9. The van der Waals surface area contributed by atoms with Crippen LogP contribution in [0.4, 0.5) is 0 Å². The van der Waals surface area contributed by atoms with E-state index in [1.54, 1.807) is 0 Å². The summed E-state index contributed by atoms with van der Waals surface area (Å²) in [5, 5.41) is 3.91. The van der Waals surface area contributed by atoms with Crippen LogP contribution in [0.15, 0.2) is 28.7 Å². The second-order valence-corrected chi connectivity index (χ2v) is 7.15. The highest BCUT2D eigenvalue weighted by Gasteiger charge is 2.32. The van der Waals surface area contributed by atoms with Crippen LogP contribution in [0.5, 0.6) is 0 Å². The van der Waals surface area contributed by atoms with Crippen LogP contribution in [-0.2, 0) is 0 Å². The number of hydrogen-bond acceptors (Lipinski definition) is 2. The van der Waals surface area contributed by atoms with E-state index in [9.17, 15) is 0 Å². The highest BCUT2D eigenvalue weighted by atomic mass is 79.9. The Balaban J connectivity index is 1.63. The molecular weight excluding hydrogens is 312 g/mol. The average molecular weight is 337 g/mol. The molecule has 0 aliphatic carbocycles. The fraction of sp³-hybridized carbons (Fsp3) is 0.647. The van der Waals surface area contributed by atoms with E-state index >= 15 is 0 Å². The van der Waals surface area contributed by atoms with Crippen molar-refractivity contribution in [3.05, 3.63) is 34.3 Å². The summed E-state index contributed by atoms with van der Waals surface area (Å²) in [6.45, 7) is 4.90. The highest BCUT2D eigenvalue weighted by molar-refractivity contribution is 9.10. The lowest BCUT2D eigenvalue weighted by atomic mass is 9.95. The van der Waals surface area contributed by atoms with Gasteiger partial charge >= 0.3 is 0 Å². The SMILES string of the molecule is CCC(NC1CCN2CCCC2C1)c1cccc(Br)c1. The molecule has 3 unspecified atom stereocenters. The van der Waals surface area contributed by atoms with E-state index in [-0.39, 0.29) is 0 Å². The third-order valence-electron chi connectivity index (χ3n) is 4.92. The number of fused-ring (bicyclic) bond motifs is 1. The van der Waals surface area contributed by atoms with Crippen LogP contribution in [0.2, 0.25) is 0 Å². The van der Waals surface area contributed by atoms with Gasteiger partial charge in [-0.3, -0.25) is 0 Å². The van der Waals surface area contributed by atoms with Gasteiger partial charge in [0.25, 0.3) is 0 Å². The Labute approximate surface area is 131 Å².